The van der Waals surface area contributed by atoms with Gasteiger partial charge >= 0.3 is 0 Å². The summed E-state index contributed by atoms with van der Waals surface area (Å²) in [7, 11) is 1.97. The van der Waals surface area contributed by atoms with Crippen LogP contribution in [0, 0.1) is 5.92 Å². The molecule has 0 radical (unpaired) electrons. The lowest BCUT2D eigenvalue weighted by Gasteiger charge is -2.45. The molecule has 0 unspecified atom stereocenters. The molecule has 0 saturated heterocycles. The van der Waals surface area contributed by atoms with Crippen LogP contribution in [0.1, 0.15) is 73.4 Å². The van der Waals surface area contributed by atoms with Crippen LogP contribution < -0.4 is 10.6 Å². The Morgan fingerprint density at radius 1 is 1.25 bits per heavy atom. The minimum atomic E-state index is -0.247. The van der Waals surface area contributed by atoms with Gasteiger partial charge in [-0.1, -0.05) is 6.92 Å². The lowest BCUT2D eigenvalue weighted by atomic mass is 9.59. The summed E-state index contributed by atoms with van der Waals surface area (Å²) in [6.45, 7) is 5.19. The van der Waals surface area contributed by atoms with Crippen LogP contribution in [-0.4, -0.2) is 41.2 Å². The Morgan fingerprint density at radius 2 is 2.08 bits per heavy atom. The quantitative estimate of drug-likeness (QED) is 0.364. The molecule has 186 valence electrons. The first-order valence-electron chi connectivity index (χ1n) is 12.7. The van der Waals surface area contributed by atoms with E-state index >= 15 is 0 Å². The highest BCUT2D eigenvalue weighted by atomic mass is 16.1. The van der Waals surface area contributed by atoms with Crippen molar-refractivity contribution >= 4 is 22.6 Å². The van der Waals surface area contributed by atoms with Crippen molar-refractivity contribution in [3.63, 3.8) is 0 Å². The highest BCUT2D eigenvalue weighted by Crippen LogP contribution is 2.51. The van der Waals surface area contributed by atoms with E-state index in [-0.39, 0.29) is 16.9 Å². The Hall–Kier alpha value is -3.59. The third-order valence-corrected chi connectivity index (χ3v) is 8.08. The first-order chi connectivity index (χ1) is 17.4. The maximum Gasteiger partial charge on any atom is 0.274 e. The zero-order valence-electron chi connectivity index (χ0n) is 21.0. The molecule has 9 heteroatoms. The van der Waals surface area contributed by atoms with E-state index in [1.165, 1.54) is 19.3 Å². The number of H-pyrrole nitrogens is 1. The second-order valence-electron chi connectivity index (χ2n) is 10.9. The maximum atomic E-state index is 13.3. The molecule has 4 heterocycles. The van der Waals surface area contributed by atoms with Gasteiger partial charge in [-0.25, -0.2) is 4.98 Å². The van der Waals surface area contributed by atoms with Crippen LogP contribution in [0.4, 0.5) is 5.69 Å². The van der Waals surface area contributed by atoms with Crippen molar-refractivity contribution < 1.29 is 4.79 Å². The number of aryl methyl sites for hydroxylation is 1. The third-order valence-electron chi connectivity index (χ3n) is 8.08. The highest BCUT2D eigenvalue weighted by Gasteiger charge is 2.48. The van der Waals surface area contributed by atoms with E-state index in [4.69, 9.17) is 0 Å². The summed E-state index contributed by atoms with van der Waals surface area (Å²) in [6, 6.07) is 5.81. The van der Waals surface area contributed by atoms with Crippen LogP contribution in [0.5, 0.6) is 0 Å². The standard InChI is InChI=1S/C27H32N8O/c1-17-11-27(12-17,25-34-31-16-35(25)3)19-10-20(15-28-14-19)32-24(36)22-9-18(13-30-26(2)6-4-7-26)23-21(33-22)5-8-29-23/h5,8-10,14-17,29-30H,4,6-7,11-13H2,1-3H3,(H,32,36). The second-order valence-corrected chi connectivity index (χ2v) is 10.9. The predicted molar refractivity (Wildman–Crippen MR) is 138 cm³/mol. The van der Waals surface area contributed by atoms with Gasteiger partial charge in [0.25, 0.3) is 5.91 Å². The van der Waals surface area contributed by atoms with Gasteiger partial charge < -0.3 is 20.2 Å². The van der Waals surface area contributed by atoms with Gasteiger partial charge in [0.2, 0.25) is 0 Å². The normalized spacial score (nSPS) is 22.7. The Bertz CT molecular complexity index is 1430. The average Bonchev–Trinajstić information content (AvgIpc) is 3.48. The van der Waals surface area contributed by atoms with E-state index in [1.54, 1.807) is 12.5 Å². The largest absolute Gasteiger partial charge is 0.360 e. The molecule has 3 N–H and O–H groups in total. The van der Waals surface area contributed by atoms with Crippen LogP contribution in [-0.2, 0) is 19.0 Å². The number of nitrogens with zero attached hydrogens (tertiary/aromatic N) is 5. The predicted octanol–water partition coefficient (Wildman–Crippen LogP) is 4.09. The first-order valence-corrected chi connectivity index (χ1v) is 12.7. The molecular formula is C27H32N8O. The molecule has 6 rings (SSSR count). The number of nitrogens with one attached hydrogen (secondary N) is 3. The maximum absolute atomic E-state index is 13.3. The summed E-state index contributed by atoms with van der Waals surface area (Å²) in [4.78, 5) is 25.7. The van der Waals surface area contributed by atoms with Crippen molar-refractivity contribution in [2.75, 3.05) is 5.32 Å². The molecule has 0 aliphatic heterocycles. The van der Waals surface area contributed by atoms with Gasteiger partial charge in [0.15, 0.2) is 0 Å². The van der Waals surface area contributed by atoms with Crippen molar-refractivity contribution in [3.05, 3.63) is 65.8 Å². The molecular weight excluding hydrogens is 452 g/mol. The molecule has 0 spiro atoms. The van der Waals surface area contributed by atoms with Gasteiger partial charge in [-0.3, -0.25) is 9.78 Å². The smallest absolute Gasteiger partial charge is 0.274 e. The van der Waals surface area contributed by atoms with E-state index < -0.39 is 0 Å². The van der Waals surface area contributed by atoms with Crippen molar-refractivity contribution in [2.24, 2.45) is 13.0 Å². The third kappa shape index (κ3) is 3.87. The lowest BCUT2D eigenvalue weighted by Crippen LogP contribution is -2.47. The number of amides is 1. The van der Waals surface area contributed by atoms with Crippen LogP contribution in [0.25, 0.3) is 11.0 Å². The number of aromatic amines is 1. The van der Waals surface area contributed by atoms with Crippen LogP contribution in [0.3, 0.4) is 0 Å². The van der Waals surface area contributed by atoms with Gasteiger partial charge in [0.1, 0.15) is 17.8 Å². The fraction of sp³-hybridized carbons (Fsp3) is 0.444. The molecule has 4 aromatic rings. The summed E-state index contributed by atoms with van der Waals surface area (Å²) >= 11 is 0. The molecule has 2 saturated carbocycles. The fourth-order valence-corrected chi connectivity index (χ4v) is 5.92. The van der Waals surface area contributed by atoms with E-state index in [0.717, 1.165) is 40.8 Å². The molecule has 36 heavy (non-hydrogen) atoms. The van der Waals surface area contributed by atoms with Crippen molar-refractivity contribution in [2.45, 2.75) is 63.5 Å². The molecule has 2 aliphatic carbocycles. The Morgan fingerprint density at radius 3 is 2.78 bits per heavy atom. The van der Waals surface area contributed by atoms with Gasteiger partial charge in [-0.15, -0.1) is 10.2 Å². The van der Waals surface area contributed by atoms with E-state index in [2.05, 4.69) is 49.6 Å². The van der Waals surface area contributed by atoms with Crippen molar-refractivity contribution in [3.8, 4) is 0 Å². The van der Waals surface area contributed by atoms with Crippen molar-refractivity contribution in [1.82, 2.24) is 35.0 Å². The molecule has 1 amide bonds. The highest BCUT2D eigenvalue weighted by molar-refractivity contribution is 6.04. The molecule has 0 atom stereocenters. The zero-order valence-corrected chi connectivity index (χ0v) is 21.0. The molecule has 9 nitrogen and oxygen atoms in total. The number of hydrogen-bond donors (Lipinski definition) is 3. The summed E-state index contributed by atoms with van der Waals surface area (Å²) in [5.41, 5.74) is 4.82. The van der Waals surface area contributed by atoms with Crippen LogP contribution in [0.15, 0.2) is 43.1 Å². The van der Waals surface area contributed by atoms with E-state index in [0.29, 0.717) is 23.8 Å². The summed E-state index contributed by atoms with van der Waals surface area (Å²) in [5, 5.41) is 15.2. The summed E-state index contributed by atoms with van der Waals surface area (Å²) < 4.78 is 1.98. The SMILES string of the molecule is CC1CC(c2cncc(NC(=O)c3cc(CNC4(C)CCC4)c4[nH]ccc4n3)c2)(c2nncn2C)C1. The van der Waals surface area contributed by atoms with Gasteiger partial charge in [0.05, 0.1) is 28.3 Å². The number of hydrogen-bond acceptors (Lipinski definition) is 6. The molecule has 2 aliphatic rings. The van der Waals surface area contributed by atoms with E-state index in [9.17, 15) is 4.79 Å². The number of rotatable bonds is 7. The Kier molecular flexibility index (Phi) is 5.40. The number of fused-ring (bicyclic) bond motifs is 1. The number of carbonyl (C=O) groups excluding carboxylic acids is 1. The van der Waals surface area contributed by atoms with Crippen LogP contribution >= 0.6 is 0 Å². The second kappa shape index (κ2) is 8.51. The monoisotopic (exact) mass is 484 g/mol. The van der Waals surface area contributed by atoms with Crippen LogP contribution in [0.2, 0.25) is 0 Å². The van der Waals surface area contributed by atoms with Gasteiger partial charge in [0, 0.05) is 31.5 Å². The molecule has 4 aromatic heterocycles. The Labute approximate surface area is 210 Å². The lowest BCUT2D eigenvalue weighted by molar-refractivity contribution is 0.102. The molecule has 2 fully saturated rings. The minimum Gasteiger partial charge on any atom is -0.360 e. The topological polar surface area (TPSA) is 113 Å². The number of carbonyl (C=O) groups is 1. The average molecular weight is 485 g/mol. The van der Waals surface area contributed by atoms with Gasteiger partial charge in [-0.05, 0) is 74.3 Å². The number of anilines is 1. The van der Waals surface area contributed by atoms with Gasteiger partial charge in [-0.2, -0.15) is 0 Å². The first kappa shape index (κ1) is 22.8. The summed E-state index contributed by atoms with van der Waals surface area (Å²) in [6.07, 6.45) is 12.7. The van der Waals surface area contributed by atoms with Crippen molar-refractivity contribution in [1.29, 1.82) is 0 Å². The fourth-order valence-electron chi connectivity index (χ4n) is 5.92. The summed E-state index contributed by atoms with van der Waals surface area (Å²) in [5.74, 6) is 1.28. The van der Waals surface area contributed by atoms with E-state index in [1.807, 2.05) is 42.2 Å². The minimum absolute atomic E-state index is 0.175. The Balaban J connectivity index is 1.26. The number of pyridine rings is 2. The molecule has 0 bridgehead atoms. The number of aromatic nitrogens is 6. The molecule has 0 aromatic carbocycles. The zero-order chi connectivity index (χ0) is 24.9.